The lowest BCUT2D eigenvalue weighted by Crippen LogP contribution is -1.94. The van der Waals surface area contributed by atoms with Gasteiger partial charge >= 0.3 is 11.9 Å². The van der Waals surface area contributed by atoms with E-state index >= 15 is 0 Å². The molecule has 0 radical (unpaired) electrons. The molecule has 0 aromatic carbocycles. The van der Waals surface area contributed by atoms with Crippen LogP contribution in [0.1, 0.15) is 65.2 Å². The summed E-state index contributed by atoms with van der Waals surface area (Å²) in [7, 11) is 0. The predicted octanol–water partition coefficient (Wildman–Crippen LogP) is 2.46. The Balaban J connectivity index is -0.000000372. The summed E-state index contributed by atoms with van der Waals surface area (Å²) in [6.07, 6.45) is 5.82. The van der Waals surface area contributed by atoms with Crippen molar-refractivity contribution in [2.24, 2.45) is 0 Å². The highest BCUT2D eigenvalue weighted by atomic mass is 16.4. The summed E-state index contributed by atoms with van der Waals surface area (Å²) in [5.41, 5.74) is 0. The third-order valence-electron chi connectivity index (χ3n) is 2.03. The van der Waals surface area contributed by atoms with E-state index in [0.29, 0.717) is 0 Å². The third kappa shape index (κ3) is 64.6. The van der Waals surface area contributed by atoms with Crippen molar-refractivity contribution in [3.63, 3.8) is 0 Å². The van der Waals surface area contributed by atoms with Crippen molar-refractivity contribution < 1.29 is 39.6 Å². The van der Waals surface area contributed by atoms with Gasteiger partial charge in [0.1, 0.15) is 0 Å². The maximum Gasteiger partial charge on any atom is 0.303 e. The van der Waals surface area contributed by atoms with E-state index in [1.807, 2.05) is 0 Å². The lowest BCUT2D eigenvalue weighted by molar-refractivity contribution is -0.138. The van der Waals surface area contributed by atoms with Crippen LogP contribution < -0.4 is 0 Å². The molecular weight excluding hydrogens is 296 g/mol. The van der Waals surface area contributed by atoms with Gasteiger partial charge in [0.15, 0.2) is 0 Å². The zero-order valence-electron chi connectivity index (χ0n) is 13.1. The number of carbonyl (C=O) groups is 4. The molecule has 0 bridgehead atoms. The van der Waals surface area contributed by atoms with Crippen LogP contribution in [0.25, 0.3) is 0 Å². The normalized spacial score (nSPS) is 8.64. The lowest BCUT2D eigenvalue weighted by atomic mass is 10.1. The van der Waals surface area contributed by atoms with E-state index in [2.05, 4.69) is 0 Å². The first-order valence-corrected chi connectivity index (χ1v) is 6.92. The highest BCUT2D eigenvalue weighted by Crippen LogP contribution is 2.08. The highest BCUT2D eigenvalue weighted by Gasteiger charge is 1.98. The second-order valence-electron chi connectivity index (χ2n) is 4.45. The van der Waals surface area contributed by atoms with Crippen LogP contribution in [-0.4, -0.2) is 44.3 Å². The topological polar surface area (TPSA) is 149 Å². The first kappa shape index (κ1) is 24.9. The van der Waals surface area contributed by atoms with E-state index in [1.165, 1.54) is 0 Å². The smallest absolute Gasteiger partial charge is 0.303 e. The maximum atomic E-state index is 10.1. The molecule has 0 saturated heterocycles. The van der Waals surface area contributed by atoms with Gasteiger partial charge in [-0.1, -0.05) is 25.7 Å². The molecule has 0 aliphatic heterocycles. The van der Waals surface area contributed by atoms with Crippen LogP contribution >= 0.6 is 0 Å². The minimum atomic E-state index is -0.833. The van der Waals surface area contributed by atoms with Gasteiger partial charge in [0.25, 0.3) is 11.9 Å². The van der Waals surface area contributed by atoms with Gasteiger partial charge in [0.05, 0.1) is 0 Å². The summed E-state index contributed by atoms with van der Waals surface area (Å²) in [5, 5.41) is 31.5. The van der Waals surface area contributed by atoms with Gasteiger partial charge in [0.2, 0.25) is 0 Å². The molecule has 0 rings (SSSR count). The van der Waals surface area contributed by atoms with Crippen LogP contribution in [0, 0.1) is 0 Å². The van der Waals surface area contributed by atoms with Crippen LogP contribution in [-0.2, 0) is 19.2 Å². The fraction of sp³-hybridized carbons (Fsp3) is 0.714. The zero-order chi connectivity index (χ0) is 18.0. The zero-order valence-corrected chi connectivity index (χ0v) is 13.1. The minimum absolute atomic E-state index is 0.245. The summed E-state index contributed by atoms with van der Waals surface area (Å²) in [5.74, 6) is -3.15. The largest absolute Gasteiger partial charge is 0.481 e. The SMILES string of the molecule is CC(=O)O.CC(=O)O.O=C(O)CCCCCCCCC(=O)O. The molecule has 0 saturated carbocycles. The fourth-order valence-electron chi connectivity index (χ4n) is 1.26. The average Bonchev–Trinajstić information content (AvgIpc) is 2.30. The quantitative estimate of drug-likeness (QED) is 0.473. The van der Waals surface area contributed by atoms with Gasteiger partial charge in [-0.2, -0.15) is 0 Å². The Labute approximate surface area is 129 Å². The second kappa shape index (κ2) is 18.9. The van der Waals surface area contributed by atoms with Gasteiger partial charge in [-0.15, -0.1) is 0 Å². The Hall–Kier alpha value is -2.12. The van der Waals surface area contributed by atoms with E-state index in [-0.39, 0.29) is 12.8 Å². The molecule has 0 fully saturated rings. The number of aliphatic carboxylic acids is 4. The Morgan fingerprint density at radius 3 is 0.909 bits per heavy atom. The van der Waals surface area contributed by atoms with Crippen molar-refractivity contribution in [1.82, 2.24) is 0 Å². The molecule has 0 aromatic heterocycles. The van der Waals surface area contributed by atoms with Crippen molar-refractivity contribution in [2.75, 3.05) is 0 Å². The van der Waals surface area contributed by atoms with Gasteiger partial charge in [-0.25, -0.2) is 0 Å². The number of carboxylic acid groups (broad SMARTS) is 4. The summed E-state index contributed by atoms with van der Waals surface area (Å²) in [6, 6.07) is 0. The molecule has 8 nitrogen and oxygen atoms in total. The molecule has 0 aromatic rings. The van der Waals surface area contributed by atoms with Crippen LogP contribution in [0.15, 0.2) is 0 Å². The molecular formula is C14H26O8. The van der Waals surface area contributed by atoms with E-state index in [1.54, 1.807) is 0 Å². The van der Waals surface area contributed by atoms with Crippen molar-refractivity contribution in [3.8, 4) is 0 Å². The van der Waals surface area contributed by atoms with Gasteiger partial charge < -0.3 is 20.4 Å². The third-order valence-corrected chi connectivity index (χ3v) is 2.03. The van der Waals surface area contributed by atoms with Crippen LogP contribution in [0.5, 0.6) is 0 Å². The van der Waals surface area contributed by atoms with Crippen molar-refractivity contribution >= 4 is 23.9 Å². The molecule has 0 amide bonds. The molecule has 8 heteroatoms. The Morgan fingerprint density at radius 1 is 0.545 bits per heavy atom. The molecule has 0 aliphatic carbocycles. The minimum Gasteiger partial charge on any atom is -0.481 e. The highest BCUT2D eigenvalue weighted by molar-refractivity contribution is 5.66. The van der Waals surface area contributed by atoms with Crippen LogP contribution in [0.3, 0.4) is 0 Å². The van der Waals surface area contributed by atoms with Gasteiger partial charge in [-0.3, -0.25) is 19.2 Å². The van der Waals surface area contributed by atoms with Crippen molar-refractivity contribution in [1.29, 1.82) is 0 Å². The molecule has 130 valence electrons. The van der Waals surface area contributed by atoms with Crippen LogP contribution in [0.4, 0.5) is 0 Å². The van der Waals surface area contributed by atoms with Crippen molar-refractivity contribution in [3.05, 3.63) is 0 Å². The number of unbranched alkanes of at least 4 members (excludes halogenated alkanes) is 5. The first-order chi connectivity index (χ1) is 10.1. The van der Waals surface area contributed by atoms with E-state index in [4.69, 9.17) is 30.0 Å². The summed E-state index contributed by atoms with van der Waals surface area (Å²) >= 11 is 0. The molecule has 0 spiro atoms. The van der Waals surface area contributed by atoms with E-state index in [9.17, 15) is 9.59 Å². The first-order valence-electron chi connectivity index (χ1n) is 6.92. The van der Waals surface area contributed by atoms with Crippen molar-refractivity contribution in [2.45, 2.75) is 65.2 Å². The average molecular weight is 322 g/mol. The standard InChI is InChI=1S/C10H18O4.2C2H4O2/c11-9(12)7-5-3-1-2-4-6-8-10(13)14;2*1-2(3)4/h1-8H2,(H,11,12)(H,13,14);2*1H3,(H,3,4). The second-order valence-corrected chi connectivity index (χ2v) is 4.45. The predicted molar refractivity (Wildman–Crippen MR) is 78.8 cm³/mol. The molecule has 0 unspecified atom stereocenters. The number of hydrogen-bond donors (Lipinski definition) is 4. The maximum absolute atomic E-state index is 10.1. The Bertz CT molecular complexity index is 285. The Morgan fingerprint density at radius 2 is 0.727 bits per heavy atom. The summed E-state index contributed by atoms with van der Waals surface area (Å²) in [4.78, 5) is 38.3. The number of rotatable bonds is 9. The Kier molecular flexibility index (Phi) is 21.3. The van der Waals surface area contributed by atoms with Gasteiger partial charge in [-0.05, 0) is 12.8 Å². The molecule has 22 heavy (non-hydrogen) atoms. The lowest BCUT2D eigenvalue weighted by Gasteiger charge is -1.98. The molecule has 4 N–H and O–H groups in total. The monoisotopic (exact) mass is 322 g/mol. The number of carboxylic acids is 4. The molecule has 0 heterocycles. The summed E-state index contributed by atoms with van der Waals surface area (Å²) < 4.78 is 0. The van der Waals surface area contributed by atoms with Crippen LogP contribution in [0.2, 0.25) is 0 Å². The van der Waals surface area contributed by atoms with Gasteiger partial charge in [0, 0.05) is 26.7 Å². The van der Waals surface area contributed by atoms with E-state index in [0.717, 1.165) is 52.4 Å². The molecule has 0 atom stereocenters. The van der Waals surface area contributed by atoms with E-state index < -0.39 is 23.9 Å². The number of hydrogen-bond acceptors (Lipinski definition) is 4. The fourth-order valence-corrected chi connectivity index (χ4v) is 1.26. The molecule has 0 aliphatic rings. The summed E-state index contributed by atoms with van der Waals surface area (Å²) in [6.45, 7) is 2.17.